The zero-order valence-electron chi connectivity index (χ0n) is 8.92. The first-order chi connectivity index (χ1) is 8.09. The highest BCUT2D eigenvalue weighted by atomic mass is 35.5. The van der Waals surface area contributed by atoms with Gasteiger partial charge in [-0.15, -0.1) is 0 Å². The molecule has 2 aromatic rings. The Kier molecular flexibility index (Phi) is 3.10. The highest BCUT2D eigenvalue weighted by Crippen LogP contribution is 2.22. The SMILES string of the molecule is Cc1c(Cl)ccc(F)c1C(=O)Nc1cc[nH]n1. The Balaban J connectivity index is 2.34. The summed E-state index contributed by atoms with van der Waals surface area (Å²) in [5, 5.41) is 9.11. The molecule has 0 atom stereocenters. The summed E-state index contributed by atoms with van der Waals surface area (Å²) in [5.41, 5.74) is 0.334. The summed E-state index contributed by atoms with van der Waals surface area (Å²) in [4.78, 5) is 11.8. The third-order valence-electron chi connectivity index (χ3n) is 2.32. The van der Waals surface area contributed by atoms with Crippen molar-refractivity contribution in [3.05, 3.63) is 46.4 Å². The molecule has 6 heteroatoms. The smallest absolute Gasteiger partial charge is 0.260 e. The molecule has 0 unspecified atom stereocenters. The second kappa shape index (κ2) is 4.55. The molecule has 4 nitrogen and oxygen atoms in total. The lowest BCUT2D eigenvalue weighted by Gasteiger charge is -2.08. The van der Waals surface area contributed by atoms with Gasteiger partial charge in [0.1, 0.15) is 5.82 Å². The van der Waals surface area contributed by atoms with Crippen LogP contribution in [0.15, 0.2) is 24.4 Å². The van der Waals surface area contributed by atoms with Gasteiger partial charge in [0.05, 0.1) is 5.56 Å². The maximum Gasteiger partial charge on any atom is 0.260 e. The first-order valence-electron chi connectivity index (χ1n) is 4.85. The molecule has 0 aliphatic rings. The molecule has 0 saturated heterocycles. The number of carbonyl (C=O) groups excluding carboxylic acids is 1. The van der Waals surface area contributed by atoms with Crippen LogP contribution in [0.25, 0.3) is 0 Å². The summed E-state index contributed by atoms with van der Waals surface area (Å²) in [7, 11) is 0. The molecule has 0 saturated carbocycles. The van der Waals surface area contributed by atoms with Crippen LogP contribution in [0, 0.1) is 12.7 Å². The minimum atomic E-state index is -0.611. The van der Waals surface area contributed by atoms with Crippen molar-refractivity contribution >= 4 is 23.3 Å². The Hall–Kier alpha value is -1.88. The molecule has 1 aromatic carbocycles. The quantitative estimate of drug-likeness (QED) is 0.865. The summed E-state index contributed by atoms with van der Waals surface area (Å²) >= 11 is 5.84. The standard InChI is InChI=1S/C11H9ClFN3O/c1-6-7(12)2-3-8(13)10(6)11(17)15-9-4-5-14-16-9/h2-5H,1H3,(H2,14,15,16,17). The zero-order chi connectivity index (χ0) is 12.4. The molecular formula is C11H9ClFN3O. The maximum atomic E-state index is 13.6. The molecule has 0 aliphatic carbocycles. The van der Waals surface area contributed by atoms with E-state index in [0.29, 0.717) is 16.4 Å². The van der Waals surface area contributed by atoms with Gasteiger partial charge < -0.3 is 5.32 Å². The van der Waals surface area contributed by atoms with Crippen molar-refractivity contribution in [1.29, 1.82) is 0 Å². The number of H-pyrrole nitrogens is 1. The molecule has 0 spiro atoms. The van der Waals surface area contributed by atoms with Crippen LogP contribution < -0.4 is 5.32 Å². The van der Waals surface area contributed by atoms with Gasteiger partial charge in [0.2, 0.25) is 0 Å². The van der Waals surface area contributed by atoms with Crippen molar-refractivity contribution in [3.8, 4) is 0 Å². The molecule has 0 fully saturated rings. The van der Waals surface area contributed by atoms with Crippen LogP contribution in [0.5, 0.6) is 0 Å². The Bertz CT molecular complexity index is 554. The van der Waals surface area contributed by atoms with Gasteiger partial charge in [0.25, 0.3) is 5.91 Å². The van der Waals surface area contributed by atoms with Crippen LogP contribution in [-0.2, 0) is 0 Å². The van der Waals surface area contributed by atoms with Gasteiger partial charge in [-0.05, 0) is 24.6 Å². The number of halogens is 2. The van der Waals surface area contributed by atoms with Crippen molar-refractivity contribution in [1.82, 2.24) is 10.2 Å². The van der Waals surface area contributed by atoms with E-state index in [0.717, 1.165) is 6.07 Å². The average molecular weight is 254 g/mol. The van der Waals surface area contributed by atoms with Crippen molar-refractivity contribution < 1.29 is 9.18 Å². The molecule has 88 valence electrons. The summed E-state index contributed by atoms with van der Waals surface area (Å²) in [6.07, 6.45) is 1.55. The van der Waals surface area contributed by atoms with Crippen LogP contribution in [-0.4, -0.2) is 16.1 Å². The highest BCUT2D eigenvalue weighted by Gasteiger charge is 2.17. The number of hydrogen-bond donors (Lipinski definition) is 2. The van der Waals surface area contributed by atoms with Crippen molar-refractivity contribution in [2.75, 3.05) is 5.32 Å². The maximum absolute atomic E-state index is 13.6. The number of amides is 1. The molecule has 0 bridgehead atoms. The fraction of sp³-hybridized carbons (Fsp3) is 0.0909. The topological polar surface area (TPSA) is 57.8 Å². The van der Waals surface area contributed by atoms with Crippen LogP contribution in [0.4, 0.5) is 10.2 Å². The predicted octanol–water partition coefficient (Wildman–Crippen LogP) is 2.76. The van der Waals surface area contributed by atoms with Crippen molar-refractivity contribution in [3.63, 3.8) is 0 Å². The number of anilines is 1. The fourth-order valence-electron chi connectivity index (χ4n) is 1.44. The van der Waals surface area contributed by atoms with E-state index in [1.165, 1.54) is 6.07 Å². The summed E-state index contributed by atoms with van der Waals surface area (Å²) in [6, 6.07) is 4.14. The third kappa shape index (κ3) is 2.29. The van der Waals surface area contributed by atoms with E-state index in [1.807, 2.05) is 0 Å². The molecule has 0 radical (unpaired) electrons. The van der Waals surface area contributed by atoms with Gasteiger partial charge in [-0.25, -0.2) is 4.39 Å². The van der Waals surface area contributed by atoms with E-state index in [1.54, 1.807) is 19.2 Å². The van der Waals surface area contributed by atoms with E-state index in [2.05, 4.69) is 15.5 Å². The molecule has 1 amide bonds. The fourth-order valence-corrected chi connectivity index (χ4v) is 1.60. The number of aromatic amines is 1. The number of rotatable bonds is 2. The van der Waals surface area contributed by atoms with Gasteiger partial charge in [-0.1, -0.05) is 11.6 Å². The lowest BCUT2D eigenvalue weighted by Crippen LogP contribution is -2.15. The number of hydrogen-bond acceptors (Lipinski definition) is 2. The number of carbonyl (C=O) groups is 1. The van der Waals surface area contributed by atoms with E-state index in [4.69, 9.17) is 11.6 Å². The third-order valence-corrected chi connectivity index (χ3v) is 2.73. The number of nitrogens with one attached hydrogen (secondary N) is 2. The minimum Gasteiger partial charge on any atom is -0.305 e. The molecule has 1 heterocycles. The normalized spacial score (nSPS) is 10.3. The first-order valence-corrected chi connectivity index (χ1v) is 5.23. The van der Waals surface area contributed by atoms with E-state index >= 15 is 0 Å². The Morgan fingerprint density at radius 3 is 2.88 bits per heavy atom. The van der Waals surface area contributed by atoms with Gasteiger partial charge in [-0.3, -0.25) is 9.89 Å². The predicted molar refractivity (Wildman–Crippen MR) is 62.7 cm³/mol. The molecule has 17 heavy (non-hydrogen) atoms. The highest BCUT2D eigenvalue weighted by molar-refractivity contribution is 6.32. The number of nitrogens with zero attached hydrogens (tertiary/aromatic N) is 1. The second-order valence-corrected chi connectivity index (χ2v) is 3.85. The van der Waals surface area contributed by atoms with Crippen LogP contribution in [0.1, 0.15) is 15.9 Å². The van der Waals surface area contributed by atoms with Crippen molar-refractivity contribution in [2.24, 2.45) is 0 Å². The number of benzene rings is 1. The van der Waals surface area contributed by atoms with Crippen LogP contribution in [0.2, 0.25) is 5.02 Å². The Labute approximate surface area is 102 Å². The molecule has 2 N–H and O–H groups in total. The lowest BCUT2D eigenvalue weighted by molar-refractivity contribution is 0.102. The Morgan fingerprint density at radius 1 is 1.47 bits per heavy atom. The van der Waals surface area contributed by atoms with Gasteiger partial charge in [-0.2, -0.15) is 5.10 Å². The molecule has 1 aromatic heterocycles. The summed E-state index contributed by atoms with van der Waals surface area (Å²) < 4.78 is 13.6. The van der Waals surface area contributed by atoms with Crippen molar-refractivity contribution in [2.45, 2.75) is 6.92 Å². The molecule has 0 aliphatic heterocycles. The molecule has 2 rings (SSSR count). The number of aromatic nitrogens is 2. The lowest BCUT2D eigenvalue weighted by atomic mass is 10.1. The minimum absolute atomic E-state index is 0.0690. The monoisotopic (exact) mass is 253 g/mol. The second-order valence-electron chi connectivity index (χ2n) is 3.44. The zero-order valence-corrected chi connectivity index (χ0v) is 9.68. The van der Waals surface area contributed by atoms with Gasteiger partial charge in [0.15, 0.2) is 5.82 Å². The average Bonchev–Trinajstić information content (AvgIpc) is 2.77. The Morgan fingerprint density at radius 2 is 2.24 bits per heavy atom. The van der Waals surface area contributed by atoms with E-state index in [-0.39, 0.29) is 5.56 Å². The van der Waals surface area contributed by atoms with E-state index in [9.17, 15) is 9.18 Å². The van der Waals surface area contributed by atoms with E-state index < -0.39 is 11.7 Å². The van der Waals surface area contributed by atoms with Crippen LogP contribution in [0.3, 0.4) is 0 Å². The molecular weight excluding hydrogens is 245 g/mol. The summed E-state index contributed by atoms with van der Waals surface area (Å²) in [6.45, 7) is 1.59. The van der Waals surface area contributed by atoms with Crippen LogP contribution >= 0.6 is 11.6 Å². The summed E-state index contributed by atoms with van der Waals surface area (Å²) in [5.74, 6) is -0.858. The largest absolute Gasteiger partial charge is 0.305 e. The first kappa shape index (κ1) is 11.6. The van der Waals surface area contributed by atoms with Gasteiger partial charge >= 0.3 is 0 Å². The van der Waals surface area contributed by atoms with Gasteiger partial charge in [0, 0.05) is 17.3 Å².